The van der Waals surface area contributed by atoms with E-state index in [0.29, 0.717) is 20.6 Å². The van der Waals surface area contributed by atoms with Gasteiger partial charge >= 0.3 is 0 Å². The van der Waals surface area contributed by atoms with Crippen LogP contribution in [0.1, 0.15) is 64.9 Å². The number of aryl methyl sites for hydroxylation is 2. The highest BCUT2D eigenvalue weighted by molar-refractivity contribution is 14.1. The average molecular weight is 1030 g/mol. The van der Waals surface area contributed by atoms with Crippen LogP contribution in [0, 0.1) is 48.0 Å². The molecular weight excluding hydrogens is 995 g/mol. The molecule has 4 heterocycles. The molecule has 0 radical (unpaired) electrons. The summed E-state index contributed by atoms with van der Waals surface area (Å²) in [7, 11) is 0. The molecule has 4 aromatic heterocycles. The van der Waals surface area contributed by atoms with Crippen LogP contribution in [0.3, 0.4) is 0 Å². The molecule has 0 saturated heterocycles. The first-order valence-electron chi connectivity index (χ1n) is 16.3. The number of hydrogen-bond acceptors (Lipinski definition) is 6. The van der Waals surface area contributed by atoms with Crippen LogP contribution in [0.4, 0.5) is 8.78 Å². The van der Waals surface area contributed by atoms with Gasteiger partial charge in [-0.15, -0.1) is 0 Å². The minimum absolute atomic E-state index is 0.291. The van der Waals surface area contributed by atoms with Gasteiger partial charge in [-0.05, 0) is 168 Å². The average Bonchev–Trinajstić information content (AvgIpc) is 3.88. The lowest BCUT2D eigenvalue weighted by Crippen LogP contribution is -2.09. The number of rotatable bonds is 9. The van der Waals surface area contributed by atoms with Crippen molar-refractivity contribution >= 4 is 74.1 Å². The second-order valence-electron chi connectivity index (χ2n) is 12.7. The summed E-state index contributed by atoms with van der Waals surface area (Å²) in [6, 6.07) is 12.4. The van der Waals surface area contributed by atoms with Gasteiger partial charge in [0.25, 0.3) is 0 Å². The maximum atomic E-state index is 13.4. The van der Waals surface area contributed by atoms with Gasteiger partial charge in [0.15, 0.2) is 6.29 Å². The van der Waals surface area contributed by atoms with Crippen molar-refractivity contribution in [2.75, 3.05) is 0 Å². The van der Waals surface area contributed by atoms with Crippen molar-refractivity contribution < 1.29 is 18.7 Å². The van der Waals surface area contributed by atoms with Gasteiger partial charge in [-0.25, -0.2) is 18.1 Å². The number of nitrogens with zero attached hydrogens (tertiary/aromatic N) is 8. The molecule has 0 amide bonds. The molecule has 2 saturated carbocycles. The highest BCUT2D eigenvalue weighted by atomic mass is 127. The molecule has 2 aromatic carbocycles. The number of benzene rings is 2. The van der Waals surface area contributed by atoms with E-state index < -0.39 is 6.10 Å². The van der Waals surface area contributed by atoms with E-state index in [2.05, 4.69) is 71.8 Å². The Hall–Kier alpha value is -3.04. The molecule has 2 aliphatic rings. The molecule has 8 rings (SSSR count). The van der Waals surface area contributed by atoms with E-state index in [-0.39, 0.29) is 11.6 Å². The van der Waals surface area contributed by atoms with E-state index in [9.17, 15) is 18.7 Å². The fourth-order valence-electron chi connectivity index (χ4n) is 5.37. The summed E-state index contributed by atoms with van der Waals surface area (Å²) < 4.78 is 36.2. The van der Waals surface area contributed by atoms with E-state index in [1.807, 2.05) is 57.3 Å². The van der Waals surface area contributed by atoms with Crippen molar-refractivity contribution in [1.29, 1.82) is 0 Å². The predicted octanol–water partition coefficient (Wildman–Crippen LogP) is 8.25. The van der Waals surface area contributed by atoms with Crippen LogP contribution in [0.15, 0.2) is 73.3 Å². The lowest BCUT2D eigenvalue weighted by atomic mass is 10.1. The highest BCUT2D eigenvalue weighted by Crippen LogP contribution is 2.32. The van der Waals surface area contributed by atoms with Crippen LogP contribution in [0.2, 0.25) is 0 Å². The van der Waals surface area contributed by atoms with Gasteiger partial charge in [0.2, 0.25) is 0 Å². The Bertz CT molecular complexity index is 2130. The van der Waals surface area contributed by atoms with E-state index in [0.717, 1.165) is 57.4 Å². The number of halogens is 5. The van der Waals surface area contributed by atoms with Crippen molar-refractivity contribution in [3.63, 3.8) is 0 Å². The quantitative estimate of drug-likeness (QED) is 0.116. The second kappa shape index (κ2) is 16.7. The van der Waals surface area contributed by atoms with Gasteiger partial charge in [0.1, 0.15) is 23.4 Å². The molecular formula is C36H35F2I3N8O2. The Morgan fingerprint density at radius 3 is 1.84 bits per heavy atom. The van der Waals surface area contributed by atoms with Crippen molar-refractivity contribution in [2.45, 2.75) is 58.7 Å². The number of aromatic nitrogens is 8. The number of hydrogen-bond donors (Lipinski definition) is 1. The van der Waals surface area contributed by atoms with Crippen molar-refractivity contribution in [3.8, 4) is 11.4 Å². The standard InChI is InChI=1S/C18H18FIN4O.C11H8FIN2O.C7H9IN2/c1-11-6-17(24(22-11)16-5-4-14(19)7-15(16)20)18(25)13-8-21-23(10-13)9-12-2-3-12;1-7-4-9(6-16)15(14-7)11-3-2-8(12)5-10(11)13;8-7-3-9-10(5-7)4-6-1-2-6/h4-8,10,12,18,25H,2-3,9H2,1H3;2-6H,1H3;3,5-6H,1-2,4H2. The maximum absolute atomic E-state index is 13.4. The van der Waals surface area contributed by atoms with Gasteiger partial charge in [0, 0.05) is 38.2 Å². The summed E-state index contributed by atoms with van der Waals surface area (Å²) in [5, 5.41) is 28.1. The first kappa shape index (κ1) is 37.7. The molecule has 15 heteroatoms. The summed E-state index contributed by atoms with van der Waals surface area (Å²) >= 11 is 6.38. The first-order valence-corrected chi connectivity index (χ1v) is 19.6. The molecule has 2 fully saturated rings. The molecule has 6 aromatic rings. The Labute approximate surface area is 335 Å². The first-order chi connectivity index (χ1) is 24.5. The zero-order valence-electron chi connectivity index (χ0n) is 27.8. The monoisotopic (exact) mass is 1030 g/mol. The third-order valence-corrected chi connectivity index (χ3v) is 10.5. The fraction of sp³-hybridized carbons (Fsp3) is 0.306. The summed E-state index contributed by atoms with van der Waals surface area (Å²) in [4.78, 5) is 10.9. The number of carbonyl (C=O) groups is 1. The van der Waals surface area contributed by atoms with Crippen molar-refractivity contribution in [3.05, 3.63) is 124 Å². The Morgan fingerprint density at radius 1 is 0.784 bits per heavy atom. The summed E-state index contributed by atoms with van der Waals surface area (Å²) in [5.41, 5.74) is 4.84. The van der Waals surface area contributed by atoms with Crippen LogP contribution in [-0.2, 0) is 13.1 Å². The number of aliphatic hydroxyl groups excluding tert-OH is 1. The molecule has 51 heavy (non-hydrogen) atoms. The largest absolute Gasteiger partial charge is 0.382 e. The molecule has 1 atom stereocenters. The number of aliphatic hydroxyl groups is 1. The summed E-state index contributed by atoms with van der Waals surface area (Å²) in [6.07, 6.45) is 12.8. The van der Waals surface area contributed by atoms with Crippen LogP contribution >= 0.6 is 67.8 Å². The maximum Gasteiger partial charge on any atom is 0.168 e. The van der Waals surface area contributed by atoms with E-state index in [1.165, 1.54) is 58.2 Å². The predicted molar refractivity (Wildman–Crippen MR) is 214 cm³/mol. The molecule has 1 unspecified atom stereocenters. The molecule has 266 valence electrons. The lowest BCUT2D eigenvalue weighted by molar-refractivity contribution is 0.111. The van der Waals surface area contributed by atoms with Crippen LogP contribution in [-0.4, -0.2) is 50.5 Å². The van der Waals surface area contributed by atoms with Crippen LogP contribution in [0.5, 0.6) is 0 Å². The smallest absolute Gasteiger partial charge is 0.168 e. The molecule has 2 aliphatic carbocycles. The van der Waals surface area contributed by atoms with Crippen LogP contribution < -0.4 is 0 Å². The Kier molecular flexibility index (Phi) is 12.4. The van der Waals surface area contributed by atoms with Gasteiger partial charge in [-0.2, -0.15) is 20.4 Å². The molecule has 10 nitrogen and oxygen atoms in total. The Morgan fingerprint density at radius 2 is 1.31 bits per heavy atom. The van der Waals surface area contributed by atoms with E-state index in [1.54, 1.807) is 36.0 Å². The topological polar surface area (TPSA) is 109 Å². The zero-order valence-corrected chi connectivity index (χ0v) is 34.3. The van der Waals surface area contributed by atoms with Crippen molar-refractivity contribution in [1.82, 2.24) is 39.1 Å². The van der Waals surface area contributed by atoms with Gasteiger partial charge in [-0.3, -0.25) is 14.2 Å². The summed E-state index contributed by atoms with van der Waals surface area (Å²) in [5.74, 6) is 1.05. The fourth-order valence-corrected chi connectivity index (χ4v) is 7.23. The molecule has 0 aliphatic heterocycles. The van der Waals surface area contributed by atoms with E-state index in [4.69, 9.17) is 0 Å². The molecule has 1 N–H and O–H groups in total. The summed E-state index contributed by atoms with van der Waals surface area (Å²) in [6.45, 7) is 5.71. The number of aldehydes is 1. The minimum Gasteiger partial charge on any atom is -0.382 e. The normalized spacial score (nSPS) is 14.4. The lowest BCUT2D eigenvalue weighted by Gasteiger charge is -2.13. The molecule has 0 bridgehead atoms. The van der Waals surface area contributed by atoms with Gasteiger partial charge in [0.05, 0.1) is 44.4 Å². The number of carbonyl (C=O) groups excluding carboxylic acids is 1. The zero-order chi connectivity index (χ0) is 36.2. The van der Waals surface area contributed by atoms with Gasteiger partial charge < -0.3 is 5.11 Å². The third kappa shape index (κ3) is 10.1. The SMILES string of the molecule is Cc1cc(C(O)c2cnn(CC3CC3)c2)n(-c2ccc(F)cc2I)n1.Cc1cc(C=O)n(-c2ccc(F)cc2I)n1.Ic1cnn(CC2CC2)c1. The highest BCUT2D eigenvalue weighted by Gasteiger charge is 2.25. The van der Waals surface area contributed by atoms with Crippen LogP contribution in [0.25, 0.3) is 11.4 Å². The van der Waals surface area contributed by atoms with Gasteiger partial charge in [-0.1, -0.05) is 0 Å². The second-order valence-corrected chi connectivity index (χ2v) is 16.3. The van der Waals surface area contributed by atoms with Crippen molar-refractivity contribution in [2.24, 2.45) is 11.8 Å². The molecule has 0 spiro atoms. The third-order valence-electron chi connectivity index (χ3n) is 8.25. The minimum atomic E-state index is -0.838. The van der Waals surface area contributed by atoms with E-state index >= 15 is 0 Å². The Balaban J connectivity index is 0.000000146.